The first-order valence-corrected chi connectivity index (χ1v) is 12.1. The van der Waals surface area contributed by atoms with Gasteiger partial charge >= 0.3 is 0 Å². The van der Waals surface area contributed by atoms with Crippen molar-refractivity contribution in [2.45, 2.75) is 45.0 Å². The van der Waals surface area contributed by atoms with Crippen LogP contribution in [0.2, 0.25) is 10.0 Å². The molecule has 2 aromatic carbocycles. The highest BCUT2D eigenvalue weighted by atomic mass is 35.5. The van der Waals surface area contributed by atoms with E-state index in [1.165, 1.54) is 28.8 Å². The van der Waals surface area contributed by atoms with Gasteiger partial charge in [0.25, 0.3) is 0 Å². The van der Waals surface area contributed by atoms with Gasteiger partial charge in [0.05, 0.1) is 5.75 Å². The van der Waals surface area contributed by atoms with Gasteiger partial charge in [-0.25, -0.2) is 4.39 Å². The third kappa shape index (κ3) is 8.02. The smallest absolute Gasteiger partial charge is 0.242 e. The fourth-order valence-electron chi connectivity index (χ4n) is 2.89. The summed E-state index contributed by atoms with van der Waals surface area (Å²) < 4.78 is 13.1. The molecule has 2 aromatic rings. The Bertz CT molecular complexity index is 860. The summed E-state index contributed by atoms with van der Waals surface area (Å²) >= 11 is 14.0. The summed E-state index contributed by atoms with van der Waals surface area (Å²) in [5.74, 6) is 0.0285. The molecular formula is C23H27Cl2FN2O2S. The number of nitrogens with zero attached hydrogens (tertiary/aromatic N) is 1. The summed E-state index contributed by atoms with van der Waals surface area (Å²) in [7, 11) is 0. The Balaban J connectivity index is 2.10. The lowest BCUT2D eigenvalue weighted by molar-refractivity contribution is -0.138. The molecule has 8 heteroatoms. The van der Waals surface area contributed by atoms with Crippen molar-refractivity contribution in [2.24, 2.45) is 0 Å². The summed E-state index contributed by atoms with van der Waals surface area (Å²) in [6.45, 7) is 4.45. The molecule has 0 heterocycles. The highest BCUT2D eigenvalue weighted by Crippen LogP contribution is 2.27. The lowest BCUT2D eigenvalue weighted by Crippen LogP contribution is -2.48. The van der Waals surface area contributed by atoms with E-state index in [9.17, 15) is 14.0 Å². The summed E-state index contributed by atoms with van der Waals surface area (Å²) in [5.41, 5.74) is 1.53. The summed E-state index contributed by atoms with van der Waals surface area (Å²) in [6.07, 6.45) is 1.84. The van der Waals surface area contributed by atoms with Crippen LogP contribution in [0.1, 0.15) is 37.8 Å². The number of halogens is 3. The second kappa shape index (κ2) is 12.9. The van der Waals surface area contributed by atoms with E-state index >= 15 is 0 Å². The number of carbonyl (C=O) groups is 2. The summed E-state index contributed by atoms with van der Waals surface area (Å²) in [5, 5.41) is 3.77. The normalized spacial score (nSPS) is 11.8. The molecule has 0 aliphatic heterocycles. The van der Waals surface area contributed by atoms with Gasteiger partial charge in [-0.15, -0.1) is 11.8 Å². The first kappa shape index (κ1) is 25.5. The zero-order valence-electron chi connectivity index (χ0n) is 17.7. The standard InChI is InChI=1S/C23H27Cl2FN2O2S/c1-3-4-12-27-23(30)16(2)28(13-19-20(24)6-5-7-21(19)25)22(29)15-31-14-17-8-10-18(26)11-9-17/h5-11,16H,3-4,12-15H2,1-2H3,(H,27,30)/t16-/m0/s1. The highest BCUT2D eigenvalue weighted by Gasteiger charge is 2.27. The Labute approximate surface area is 197 Å². The number of benzene rings is 2. The quantitative estimate of drug-likeness (QED) is 0.416. The fraction of sp³-hybridized carbons (Fsp3) is 0.391. The molecule has 0 radical (unpaired) electrons. The molecule has 0 saturated heterocycles. The monoisotopic (exact) mass is 484 g/mol. The van der Waals surface area contributed by atoms with Gasteiger partial charge in [0, 0.05) is 34.5 Å². The number of carbonyl (C=O) groups excluding carboxylic acids is 2. The molecule has 0 spiro atoms. The molecule has 2 amide bonds. The van der Waals surface area contributed by atoms with Crippen LogP contribution in [0.5, 0.6) is 0 Å². The van der Waals surface area contributed by atoms with E-state index in [1.807, 2.05) is 6.92 Å². The molecule has 0 fully saturated rings. The average molecular weight is 485 g/mol. The van der Waals surface area contributed by atoms with Crippen molar-refractivity contribution in [2.75, 3.05) is 12.3 Å². The van der Waals surface area contributed by atoms with Crippen LogP contribution in [-0.4, -0.2) is 35.1 Å². The van der Waals surface area contributed by atoms with Crippen molar-refractivity contribution in [1.82, 2.24) is 10.2 Å². The van der Waals surface area contributed by atoms with Crippen molar-refractivity contribution in [3.8, 4) is 0 Å². The Morgan fingerprint density at radius 2 is 1.77 bits per heavy atom. The lowest BCUT2D eigenvalue weighted by Gasteiger charge is -2.29. The minimum Gasteiger partial charge on any atom is -0.354 e. The van der Waals surface area contributed by atoms with Crippen molar-refractivity contribution in [1.29, 1.82) is 0 Å². The molecular weight excluding hydrogens is 458 g/mol. The highest BCUT2D eigenvalue weighted by molar-refractivity contribution is 7.99. The molecule has 2 rings (SSSR count). The Morgan fingerprint density at radius 3 is 2.39 bits per heavy atom. The molecule has 168 valence electrons. The maximum atomic E-state index is 13.1. The van der Waals surface area contributed by atoms with Gasteiger partial charge in [-0.05, 0) is 43.2 Å². The molecule has 0 aliphatic rings. The molecule has 31 heavy (non-hydrogen) atoms. The predicted molar refractivity (Wildman–Crippen MR) is 127 cm³/mol. The van der Waals surface area contributed by atoms with Crippen LogP contribution >= 0.6 is 35.0 Å². The van der Waals surface area contributed by atoms with Crippen molar-refractivity contribution >= 4 is 46.8 Å². The number of rotatable bonds is 11. The average Bonchev–Trinajstić information content (AvgIpc) is 2.74. The molecule has 4 nitrogen and oxygen atoms in total. The van der Waals surface area contributed by atoms with Crippen molar-refractivity contribution in [3.05, 3.63) is 69.5 Å². The van der Waals surface area contributed by atoms with E-state index in [-0.39, 0.29) is 29.9 Å². The van der Waals surface area contributed by atoms with Crippen LogP contribution in [0.4, 0.5) is 4.39 Å². The van der Waals surface area contributed by atoms with Gasteiger partial charge < -0.3 is 10.2 Å². The number of hydrogen-bond acceptors (Lipinski definition) is 3. The van der Waals surface area contributed by atoms with Gasteiger partial charge in [0.1, 0.15) is 11.9 Å². The second-order valence-electron chi connectivity index (χ2n) is 7.16. The SMILES string of the molecule is CCCCNC(=O)[C@H](C)N(Cc1c(Cl)cccc1Cl)C(=O)CSCc1ccc(F)cc1. The minimum atomic E-state index is -0.678. The third-order valence-electron chi connectivity index (χ3n) is 4.79. The number of amides is 2. The van der Waals surface area contributed by atoms with Gasteiger partial charge in [-0.1, -0.05) is 54.7 Å². The Kier molecular flexibility index (Phi) is 10.6. The van der Waals surface area contributed by atoms with Crippen LogP contribution in [0.3, 0.4) is 0 Å². The molecule has 0 saturated carbocycles. The first-order valence-electron chi connectivity index (χ1n) is 10.2. The van der Waals surface area contributed by atoms with Gasteiger partial charge in [-0.3, -0.25) is 9.59 Å². The lowest BCUT2D eigenvalue weighted by atomic mass is 10.1. The Morgan fingerprint density at radius 1 is 1.13 bits per heavy atom. The predicted octanol–water partition coefficient (Wildman–Crippen LogP) is 5.70. The van der Waals surface area contributed by atoms with Gasteiger partial charge in [0.2, 0.25) is 11.8 Å². The van der Waals surface area contributed by atoms with Crippen LogP contribution in [0.15, 0.2) is 42.5 Å². The van der Waals surface area contributed by atoms with E-state index in [0.717, 1.165) is 18.4 Å². The minimum absolute atomic E-state index is 0.136. The number of nitrogens with one attached hydrogen (secondary N) is 1. The van der Waals surface area contributed by atoms with E-state index in [1.54, 1.807) is 37.3 Å². The molecule has 0 aliphatic carbocycles. The molecule has 0 bridgehead atoms. The third-order valence-corrected chi connectivity index (χ3v) is 6.49. The Hall–Kier alpha value is -1.76. The molecule has 0 aromatic heterocycles. The zero-order valence-corrected chi connectivity index (χ0v) is 20.0. The van der Waals surface area contributed by atoms with Crippen LogP contribution in [0, 0.1) is 5.82 Å². The zero-order chi connectivity index (χ0) is 22.8. The van der Waals surface area contributed by atoms with Gasteiger partial charge in [0.15, 0.2) is 0 Å². The van der Waals surface area contributed by atoms with E-state index in [4.69, 9.17) is 23.2 Å². The van der Waals surface area contributed by atoms with Crippen molar-refractivity contribution in [3.63, 3.8) is 0 Å². The summed E-state index contributed by atoms with van der Waals surface area (Å²) in [4.78, 5) is 27.2. The topological polar surface area (TPSA) is 49.4 Å². The number of thioether (sulfide) groups is 1. The van der Waals surface area contributed by atoms with Crippen molar-refractivity contribution < 1.29 is 14.0 Å². The van der Waals surface area contributed by atoms with Crippen LogP contribution in [-0.2, 0) is 21.9 Å². The first-order chi connectivity index (χ1) is 14.8. The van der Waals surface area contributed by atoms with Crippen LogP contribution < -0.4 is 5.32 Å². The van der Waals surface area contributed by atoms with E-state index in [0.29, 0.717) is 27.9 Å². The van der Waals surface area contributed by atoms with Gasteiger partial charge in [-0.2, -0.15) is 0 Å². The number of unbranched alkanes of at least 4 members (excludes halogenated alkanes) is 1. The molecule has 1 atom stereocenters. The fourth-order valence-corrected chi connectivity index (χ4v) is 4.28. The van der Waals surface area contributed by atoms with E-state index in [2.05, 4.69) is 5.32 Å². The van der Waals surface area contributed by atoms with Crippen LogP contribution in [0.25, 0.3) is 0 Å². The second-order valence-corrected chi connectivity index (χ2v) is 8.96. The van der Waals surface area contributed by atoms with E-state index < -0.39 is 6.04 Å². The maximum Gasteiger partial charge on any atom is 0.242 e. The summed E-state index contributed by atoms with van der Waals surface area (Å²) in [6, 6.07) is 10.7. The largest absolute Gasteiger partial charge is 0.354 e. The molecule has 1 N–H and O–H groups in total. The molecule has 0 unspecified atom stereocenters. The maximum absolute atomic E-state index is 13.1. The number of hydrogen-bond donors (Lipinski definition) is 1.